The van der Waals surface area contributed by atoms with E-state index in [1.807, 2.05) is 30.3 Å². The van der Waals surface area contributed by atoms with Crippen molar-refractivity contribution in [1.82, 2.24) is 5.32 Å². The number of carbonyl (C=O) groups is 1. The van der Waals surface area contributed by atoms with Crippen molar-refractivity contribution < 1.29 is 19.7 Å². The number of alkyl carbamates (subject to hydrolysis) is 1. The predicted octanol–water partition coefficient (Wildman–Crippen LogP) is 1.60. The second kappa shape index (κ2) is 7.67. The Bertz CT molecular complexity index is 454. The Hall–Kier alpha value is -1.85. The number of ether oxygens (including phenoxy) is 1. The summed E-state index contributed by atoms with van der Waals surface area (Å²) in [5.41, 5.74) is 0.260. The molecule has 0 aromatic heterocycles. The quantitative estimate of drug-likeness (QED) is 0.691. The first-order valence-electron chi connectivity index (χ1n) is 6.39. The van der Waals surface area contributed by atoms with Crippen LogP contribution in [0.1, 0.15) is 19.4 Å². The normalized spacial score (nSPS) is 13.2. The fourth-order valence-electron chi connectivity index (χ4n) is 1.69. The van der Waals surface area contributed by atoms with E-state index in [1.165, 1.54) is 6.08 Å². The van der Waals surface area contributed by atoms with E-state index in [0.29, 0.717) is 0 Å². The highest BCUT2D eigenvalue weighted by molar-refractivity contribution is 5.67. The van der Waals surface area contributed by atoms with E-state index < -0.39 is 18.3 Å². The summed E-state index contributed by atoms with van der Waals surface area (Å²) in [6.45, 7) is 3.18. The predicted molar refractivity (Wildman–Crippen MR) is 76.1 cm³/mol. The van der Waals surface area contributed by atoms with Crippen LogP contribution in [0.2, 0.25) is 0 Å². The van der Waals surface area contributed by atoms with Crippen molar-refractivity contribution in [3.05, 3.63) is 47.5 Å². The number of hydrogen-bond donors (Lipinski definition) is 3. The number of allylic oxidation sites excluding steroid dienone is 1. The van der Waals surface area contributed by atoms with Gasteiger partial charge in [-0.2, -0.15) is 0 Å². The zero-order chi connectivity index (χ0) is 15.0. The molecule has 0 spiro atoms. The number of aliphatic hydroxyl groups excluding tert-OH is 1. The monoisotopic (exact) mass is 279 g/mol. The third kappa shape index (κ3) is 5.86. The van der Waals surface area contributed by atoms with Crippen LogP contribution in [0.4, 0.5) is 4.79 Å². The molecule has 5 heteroatoms. The fraction of sp³-hybridized carbons (Fsp3) is 0.400. The molecule has 0 bridgehead atoms. The van der Waals surface area contributed by atoms with Gasteiger partial charge in [-0.1, -0.05) is 42.0 Å². The number of amides is 1. The van der Waals surface area contributed by atoms with Crippen molar-refractivity contribution >= 4 is 6.09 Å². The number of benzene rings is 1. The molecule has 3 N–H and O–H groups in total. The van der Waals surface area contributed by atoms with E-state index in [0.717, 1.165) is 11.1 Å². The van der Waals surface area contributed by atoms with Gasteiger partial charge in [-0.3, -0.25) is 0 Å². The molecule has 1 atom stereocenters. The molecule has 1 amide bonds. The zero-order valence-electron chi connectivity index (χ0n) is 11.8. The summed E-state index contributed by atoms with van der Waals surface area (Å²) in [6, 6.07) is 9.29. The lowest BCUT2D eigenvalue weighted by Crippen LogP contribution is -2.44. The number of nitrogens with one attached hydrogen (secondary N) is 1. The lowest BCUT2D eigenvalue weighted by atomic mass is 10.0. The van der Waals surface area contributed by atoms with Crippen LogP contribution in [-0.2, 0) is 11.3 Å². The highest BCUT2D eigenvalue weighted by Crippen LogP contribution is 2.08. The van der Waals surface area contributed by atoms with Gasteiger partial charge in [-0.05, 0) is 19.4 Å². The van der Waals surface area contributed by atoms with Gasteiger partial charge < -0.3 is 20.3 Å². The van der Waals surface area contributed by atoms with E-state index in [-0.39, 0.29) is 13.2 Å². The molecule has 0 fully saturated rings. The number of aliphatic hydroxyl groups is 2. The van der Waals surface area contributed by atoms with Crippen LogP contribution in [0.25, 0.3) is 0 Å². The van der Waals surface area contributed by atoms with Gasteiger partial charge in [-0.15, -0.1) is 0 Å². The second-order valence-electron chi connectivity index (χ2n) is 4.90. The summed E-state index contributed by atoms with van der Waals surface area (Å²) in [5, 5.41) is 21.6. The van der Waals surface area contributed by atoms with E-state index in [2.05, 4.69) is 5.32 Å². The molecular formula is C15H21NO4. The van der Waals surface area contributed by atoms with Gasteiger partial charge in [-0.25, -0.2) is 4.79 Å². The molecule has 20 heavy (non-hydrogen) atoms. The molecule has 1 rings (SSSR count). The van der Waals surface area contributed by atoms with E-state index >= 15 is 0 Å². The minimum atomic E-state index is -1.47. The summed E-state index contributed by atoms with van der Waals surface area (Å²) in [4.78, 5) is 11.5. The summed E-state index contributed by atoms with van der Waals surface area (Å²) < 4.78 is 5.01. The lowest BCUT2D eigenvalue weighted by Gasteiger charge is -2.22. The highest BCUT2D eigenvalue weighted by atomic mass is 16.5. The van der Waals surface area contributed by atoms with Crippen molar-refractivity contribution in [3.8, 4) is 0 Å². The maximum absolute atomic E-state index is 11.5. The molecule has 0 saturated carbocycles. The first-order chi connectivity index (χ1) is 9.45. The van der Waals surface area contributed by atoms with Gasteiger partial charge >= 0.3 is 6.09 Å². The SMILES string of the molecule is CC(C)=CC(O)(CO)CNC(=O)OCc1ccccc1. The topological polar surface area (TPSA) is 78.8 Å². The molecule has 0 radical (unpaired) electrons. The fourth-order valence-corrected chi connectivity index (χ4v) is 1.69. The number of rotatable bonds is 6. The van der Waals surface area contributed by atoms with Crippen LogP contribution in [-0.4, -0.2) is 35.1 Å². The van der Waals surface area contributed by atoms with Gasteiger partial charge in [0, 0.05) is 0 Å². The number of carbonyl (C=O) groups excluding carboxylic acids is 1. The molecule has 0 aliphatic heterocycles. The van der Waals surface area contributed by atoms with E-state index in [4.69, 9.17) is 9.84 Å². The van der Waals surface area contributed by atoms with Crippen LogP contribution in [0.5, 0.6) is 0 Å². The Morgan fingerprint density at radius 2 is 2.00 bits per heavy atom. The molecule has 1 unspecified atom stereocenters. The lowest BCUT2D eigenvalue weighted by molar-refractivity contribution is 0.0258. The Morgan fingerprint density at radius 3 is 2.55 bits per heavy atom. The molecule has 5 nitrogen and oxygen atoms in total. The summed E-state index contributed by atoms with van der Waals surface area (Å²) in [7, 11) is 0. The van der Waals surface area contributed by atoms with E-state index in [9.17, 15) is 9.90 Å². The average molecular weight is 279 g/mol. The average Bonchev–Trinajstić information content (AvgIpc) is 2.43. The van der Waals surface area contributed by atoms with Gasteiger partial charge in [0.05, 0.1) is 13.2 Å². The third-order valence-electron chi connectivity index (χ3n) is 2.58. The minimum Gasteiger partial charge on any atom is -0.445 e. The molecule has 1 aromatic rings. The first-order valence-corrected chi connectivity index (χ1v) is 6.39. The Morgan fingerprint density at radius 1 is 1.35 bits per heavy atom. The third-order valence-corrected chi connectivity index (χ3v) is 2.58. The van der Waals surface area contributed by atoms with Crippen LogP contribution >= 0.6 is 0 Å². The van der Waals surface area contributed by atoms with Crippen molar-refractivity contribution in [2.45, 2.75) is 26.1 Å². The highest BCUT2D eigenvalue weighted by Gasteiger charge is 2.24. The Balaban J connectivity index is 2.41. The molecule has 0 saturated heterocycles. The van der Waals surface area contributed by atoms with Crippen molar-refractivity contribution in [2.24, 2.45) is 0 Å². The molecule has 0 aliphatic rings. The van der Waals surface area contributed by atoms with Crippen LogP contribution in [0.15, 0.2) is 42.0 Å². The van der Waals surface area contributed by atoms with Crippen LogP contribution < -0.4 is 5.32 Å². The van der Waals surface area contributed by atoms with Crippen LogP contribution in [0, 0.1) is 0 Å². The van der Waals surface area contributed by atoms with E-state index in [1.54, 1.807) is 13.8 Å². The molecule has 1 aromatic carbocycles. The standard InChI is InChI=1S/C15H21NO4/c1-12(2)8-15(19,11-17)10-16-14(18)20-9-13-6-4-3-5-7-13/h3-8,17,19H,9-11H2,1-2H3,(H,16,18). The smallest absolute Gasteiger partial charge is 0.407 e. The van der Waals surface area contributed by atoms with Crippen molar-refractivity contribution in [1.29, 1.82) is 0 Å². The molecule has 110 valence electrons. The Kier molecular flexibility index (Phi) is 6.21. The van der Waals surface area contributed by atoms with Gasteiger partial charge in [0.15, 0.2) is 0 Å². The van der Waals surface area contributed by atoms with Crippen LogP contribution in [0.3, 0.4) is 0 Å². The van der Waals surface area contributed by atoms with Crippen molar-refractivity contribution in [2.75, 3.05) is 13.2 Å². The van der Waals surface area contributed by atoms with Gasteiger partial charge in [0.25, 0.3) is 0 Å². The summed E-state index contributed by atoms with van der Waals surface area (Å²) in [6.07, 6.45) is 0.868. The molecule has 0 aliphatic carbocycles. The number of hydrogen-bond acceptors (Lipinski definition) is 4. The Labute approximate surface area is 118 Å². The molecule has 0 heterocycles. The van der Waals surface area contributed by atoms with Crippen molar-refractivity contribution in [3.63, 3.8) is 0 Å². The largest absolute Gasteiger partial charge is 0.445 e. The summed E-state index contributed by atoms with van der Waals surface area (Å²) in [5.74, 6) is 0. The van der Waals surface area contributed by atoms with Gasteiger partial charge in [0.1, 0.15) is 12.2 Å². The first kappa shape index (κ1) is 16.2. The second-order valence-corrected chi connectivity index (χ2v) is 4.90. The molecular weight excluding hydrogens is 258 g/mol. The maximum atomic E-state index is 11.5. The summed E-state index contributed by atoms with van der Waals surface area (Å²) >= 11 is 0. The maximum Gasteiger partial charge on any atom is 0.407 e. The minimum absolute atomic E-state index is 0.109. The van der Waals surface area contributed by atoms with Gasteiger partial charge in [0.2, 0.25) is 0 Å². The zero-order valence-corrected chi connectivity index (χ0v) is 11.8.